The lowest BCUT2D eigenvalue weighted by Gasteiger charge is -2.32. The number of aryl methyl sites for hydroxylation is 1. The fourth-order valence-electron chi connectivity index (χ4n) is 4.04. The average molecular weight is 464 g/mol. The molecule has 0 unspecified atom stereocenters. The first-order valence-electron chi connectivity index (χ1n) is 11.8. The Bertz CT molecular complexity index is 1200. The van der Waals surface area contributed by atoms with E-state index >= 15 is 0 Å². The first-order valence-corrected chi connectivity index (χ1v) is 11.8. The van der Waals surface area contributed by atoms with Gasteiger partial charge in [-0.1, -0.05) is 91.0 Å². The molecule has 0 spiro atoms. The highest BCUT2D eigenvalue weighted by Crippen LogP contribution is 2.25. The van der Waals surface area contributed by atoms with Gasteiger partial charge in [0, 0.05) is 31.9 Å². The minimum atomic E-state index is -0.749. The van der Waals surface area contributed by atoms with Crippen molar-refractivity contribution in [2.45, 2.75) is 32.0 Å². The number of amides is 2. The maximum atomic E-state index is 13.7. The van der Waals surface area contributed by atoms with Gasteiger partial charge in [-0.2, -0.15) is 0 Å². The van der Waals surface area contributed by atoms with Crippen molar-refractivity contribution in [2.24, 2.45) is 0 Å². The minimum absolute atomic E-state index is 0.0642. The third-order valence-electron chi connectivity index (χ3n) is 5.88. The molecule has 0 saturated carbocycles. The highest BCUT2D eigenvalue weighted by Gasteiger charge is 2.31. The standard InChI is InChI=1S/C30H29N3O2/c34-28(17-16-24-10-4-1-5-11-24)33(23-26-12-6-2-7-13-26)29(27-14-8-3-9-15-27)30(35)32-22-25-18-20-31-21-19-25/h1-15,18-21,29H,16-17,22-23H2,(H,32,35)/t29-/m0/s1. The third-order valence-corrected chi connectivity index (χ3v) is 5.88. The second-order valence-electron chi connectivity index (χ2n) is 8.38. The normalized spacial score (nSPS) is 11.4. The SMILES string of the molecule is O=C(NCc1ccncc1)[C@H](c1ccccc1)N(Cc1ccccc1)C(=O)CCc1ccccc1. The van der Waals surface area contributed by atoms with E-state index in [4.69, 9.17) is 0 Å². The number of nitrogens with one attached hydrogen (secondary N) is 1. The molecule has 3 aromatic carbocycles. The van der Waals surface area contributed by atoms with Crippen molar-refractivity contribution in [1.29, 1.82) is 0 Å². The summed E-state index contributed by atoms with van der Waals surface area (Å²) in [6, 6.07) is 32.2. The molecule has 4 rings (SSSR count). The molecule has 1 N–H and O–H groups in total. The van der Waals surface area contributed by atoms with Crippen LogP contribution in [0.2, 0.25) is 0 Å². The molecule has 0 fully saturated rings. The summed E-state index contributed by atoms with van der Waals surface area (Å²) < 4.78 is 0. The molecule has 2 amide bonds. The number of carbonyl (C=O) groups excluding carboxylic acids is 2. The molecule has 35 heavy (non-hydrogen) atoms. The van der Waals surface area contributed by atoms with Gasteiger partial charge in [-0.05, 0) is 40.8 Å². The highest BCUT2D eigenvalue weighted by atomic mass is 16.2. The van der Waals surface area contributed by atoms with Crippen LogP contribution in [0.5, 0.6) is 0 Å². The van der Waals surface area contributed by atoms with E-state index < -0.39 is 6.04 Å². The minimum Gasteiger partial charge on any atom is -0.350 e. The van der Waals surface area contributed by atoms with Gasteiger partial charge in [0.1, 0.15) is 6.04 Å². The Morgan fingerprint density at radius 3 is 1.91 bits per heavy atom. The van der Waals surface area contributed by atoms with E-state index in [0.29, 0.717) is 25.9 Å². The Kier molecular flexibility index (Phi) is 8.38. The van der Waals surface area contributed by atoms with Crippen molar-refractivity contribution >= 4 is 11.8 Å². The predicted molar refractivity (Wildman–Crippen MR) is 137 cm³/mol. The van der Waals surface area contributed by atoms with Gasteiger partial charge in [0.15, 0.2) is 0 Å². The topological polar surface area (TPSA) is 62.3 Å². The molecule has 176 valence electrons. The summed E-state index contributed by atoms with van der Waals surface area (Å²) in [4.78, 5) is 33.0. The van der Waals surface area contributed by atoms with Crippen LogP contribution in [0, 0.1) is 0 Å². The lowest BCUT2D eigenvalue weighted by Crippen LogP contribution is -2.43. The van der Waals surface area contributed by atoms with E-state index in [-0.39, 0.29) is 11.8 Å². The largest absolute Gasteiger partial charge is 0.350 e. The zero-order valence-corrected chi connectivity index (χ0v) is 19.6. The molecule has 5 nitrogen and oxygen atoms in total. The molecule has 0 aliphatic carbocycles. The van der Waals surface area contributed by atoms with Crippen molar-refractivity contribution in [3.05, 3.63) is 138 Å². The van der Waals surface area contributed by atoms with Crippen LogP contribution in [0.1, 0.15) is 34.7 Å². The number of benzene rings is 3. The Labute approximate surface area is 206 Å². The number of hydrogen-bond acceptors (Lipinski definition) is 3. The number of hydrogen-bond donors (Lipinski definition) is 1. The van der Waals surface area contributed by atoms with E-state index in [1.165, 1.54) is 0 Å². The van der Waals surface area contributed by atoms with Gasteiger partial charge in [-0.25, -0.2) is 0 Å². The molecule has 1 atom stereocenters. The van der Waals surface area contributed by atoms with E-state index in [1.807, 2.05) is 103 Å². The van der Waals surface area contributed by atoms with Crippen molar-refractivity contribution in [3.63, 3.8) is 0 Å². The molecule has 0 aliphatic heterocycles. The van der Waals surface area contributed by atoms with Crippen molar-refractivity contribution in [2.75, 3.05) is 0 Å². The molecule has 5 heteroatoms. The summed E-state index contributed by atoms with van der Waals surface area (Å²) >= 11 is 0. The van der Waals surface area contributed by atoms with Gasteiger partial charge in [0.2, 0.25) is 11.8 Å². The molecular formula is C30H29N3O2. The maximum absolute atomic E-state index is 13.7. The van der Waals surface area contributed by atoms with Crippen LogP contribution >= 0.6 is 0 Å². The van der Waals surface area contributed by atoms with Gasteiger partial charge in [-0.15, -0.1) is 0 Å². The highest BCUT2D eigenvalue weighted by molar-refractivity contribution is 5.88. The monoisotopic (exact) mass is 463 g/mol. The van der Waals surface area contributed by atoms with Crippen LogP contribution < -0.4 is 5.32 Å². The third kappa shape index (κ3) is 6.87. The predicted octanol–water partition coefficient (Wildman–Crippen LogP) is 5.10. The zero-order chi connectivity index (χ0) is 24.3. The van der Waals surface area contributed by atoms with E-state index in [2.05, 4.69) is 10.3 Å². The summed E-state index contributed by atoms with van der Waals surface area (Å²) in [5, 5.41) is 3.03. The summed E-state index contributed by atoms with van der Waals surface area (Å²) in [6.45, 7) is 0.707. The molecule has 0 radical (unpaired) electrons. The van der Waals surface area contributed by atoms with Crippen molar-refractivity contribution in [1.82, 2.24) is 15.2 Å². The van der Waals surface area contributed by atoms with Crippen LogP contribution in [-0.4, -0.2) is 21.7 Å². The Morgan fingerprint density at radius 2 is 1.29 bits per heavy atom. The Balaban J connectivity index is 1.61. The summed E-state index contributed by atoms with van der Waals surface area (Å²) in [7, 11) is 0. The van der Waals surface area contributed by atoms with Crippen LogP contribution in [0.15, 0.2) is 116 Å². The number of carbonyl (C=O) groups is 2. The second-order valence-corrected chi connectivity index (χ2v) is 8.38. The van der Waals surface area contributed by atoms with Crippen LogP contribution in [0.4, 0.5) is 0 Å². The molecule has 1 aromatic heterocycles. The van der Waals surface area contributed by atoms with E-state index in [9.17, 15) is 9.59 Å². The molecular weight excluding hydrogens is 434 g/mol. The van der Waals surface area contributed by atoms with Crippen LogP contribution in [0.25, 0.3) is 0 Å². The number of rotatable bonds is 10. The van der Waals surface area contributed by atoms with Crippen LogP contribution in [-0.2, 0) is 29.1 Å². The van der Waals surface area contributed by atoms with E-state index in [1.54, 1.807) is 17.3 Å². The van der Waals surface area contributed by atoms with E-state index in [0.717, 1.165) is 22.3 Å². The molecule has 0 saturated heterocycles. The van der Waals surface area contributed by atoms with Gasteiger partial charge in [0.25, 0.3) is 0 Å². The molecule has 4 aromatic rings. The maximum Gasteiger partial charge on any atom is 0.247 e. The van der Waals surface area contributed by atoms with Crippen molar-refractivity contribution < 1.29 is 9.59 Å². The number of nitrogens with zero attached hydrogens (tertiary/aromatic N) is 2. The second kappa shape index (κ2) is 12.3. The van der Waals surface area contributed by atoms with Gasteiger partial charge < -0.3 is 10.2 Å². The summed E-state index contributed by atoms with van der Waals surface area (Å²) in [6.07, 6.45) is 4.33. The quantitative estimate of drug-likeness (QED) is 0.356. The van der Waals surface area contributed by atoms with Gasteiger partial charge >= 0.3 is 0 Å². The molecule has 1 heterocycles. The zero-order valence-electron chi connectivity index (χ0n) is 19.6. The summed E-state index contributed by atoms with van der Waals surface area (Å²) in [5.74, 6) is -0.275. The van der Waals surface area contributed by atoms with Gasteiger partial charge in [-0.3, -0.25) is 14.6 Å². The first-order chi connectivity index (χ1) is 17.2. The molecule has 0 bridgehead atoms. The number of pyridine rings is 1. The van der Waals surface area contributed by atoms with Crippen molar-refractivity contribution in [3.8, 4) is 0 Å². The Morgan fingerprint density at radius 1 is 0.714 bits per heavy atom. The Hall–Kier alpha value is -4.25. The van der Waals surface area contributed by atoms with Gasteiger partial charge in [0.05, 0.1) is 0 Å². The number of aromatic nitrogens is 1. The molecule has 0 aliphatic rings. The lowest BCUT2D eigenvalue weighted by molar-refractivity contribution is -0.141. The average Bonchev–Trinajstić information content (AvgIpc) is 2.92. The summed E-state index contributed by atoms with van der Waals surface area (Å²) in [5.41, 5.74) is 3.80. The smallest absolute Gasteiger partial charge is 0.247 e. The van der Waals surface area contributed by atoms with Crippen LogP contribution in [0.3, 0.4) is 0 Å². The fourth-order valence-corrected chi connectivity index (χ4v) is 4.04. The lowest BCUT2D eigenvalue weighted by atomic mass is 10.0. The fraction of sp³-hybridized carbons (Fsp3) is 0.167. The first kappa shape index (κ1) is 23.9.